The van der Waals surface area contributed by atoms with E-state index in [-0.39, 0.29) is 17.5 Å². The third-order valence-corrected chi connectivity index (χ3v) is 4.41. The number of rotatable bonds is 2. The summed E-state index contributed by atoms with van der Waals surface area (Å²) in [5.41, 5.74) is -0.126. The minimum Gasteiger partial charge on any atom is -0.336 e. The summed E-state index contributed by atoms with van der Waals surface area (Å²) in [6.45, 7) is 2.59. The van der Waals surface area contributed by atoms with Crippen molar-refractivity contribution in [3.8, 4) is 0 Å². The molecule has 5 nitrogen and oxygen atoms in total. The predicted molar refractivity (Wildman–Crippen MR) is 79.9 cm³/mol. The molecule has 23 heavy (non-hydrogen) atoms. The Balaban J connectivity index is 1.72. The van der Waals surface area contributed by atoms with Gasteiger partial charge in [-0.3, -0.25) is 9.59 Å². The largest absolute Gasteiger partial charge is 0.336 e. The first-order valence-electron chi connectivity index (χ1n) is 7.81. The van der Waals surface area contributed by atoms with E-state index in [0.29, 0.717) is 32.2 Å². The summed E-state index contributed by atoms with van der Waals surface area (Å²) >= 11 is 0. The molecule has 2 heterocycles. The van der Waals surface area contributed by atoms with E-state index in [1.54, 1.807) is 9.80 Å². The van der Waals surface area contributed by atoms with Crippen LogP contribution in [-0.2, 0) is 4.79 Å². The Labute approximate surface area is 133 Å². The van der Waals surface area contributed by atoms with Crippen LogP contribution in [0.5, 0.6) is 0 Å². The number of halogens is 2. The van der Waals surface area contributed by atoms with Crippen molar-refractivity contribution in [2.24, 2.45) is 0 Å². The molecule has 3 rings (SSSR count). The number of nitrogens with one attached hydrogen (secondary N) is 1. The van der Waals surface area contributed by atoms with Crippen LogP contribution in [0, 0.1) is 11.6 Å². The SMILES string of the molecule is O=C(c1ccc(F)cc1F)N1CCCC(N2CCNCC2=O)C1. The zero-order valence-corrected chi connectivity index (χ0v) is 12.7. The maximum absolute atomic E-state index is 13.8. The Hall–Kier alpha value is -2.02. The molecule has 124 valence electrons. The Bertz CT molecular complexity index is 623. The van der Waals surface area contributed by atoms with Gasteiger partial charge < -0.3 is 15.1 Å². The number of hydrogen-bond donors (Lipinski definition) is 1. The van der Waals surface area contributed by atoms with Gasteiger partial charge in [-0.15, -0.1) is 0 Å². The Morgan fingerprint density at radius 1 is 1.26 bits per heavy atom. The lowest BCUT2D eigenvalue weighted by Gasteiger charge is -2.41. The fraction of sp³-hybridized carbons (Fsp3) is 0.500. The summed E-state index contributed by atoms with van der Waals surface area (Å²) < 4.78 is 26.8. The third kappa shape index (κ3) is 3.34. The fourth-order valence-corrected chi connectivity index (χ4v) is 3.23. The number of carbonyl (C=O) groups is 2. The van der Waals surface area contributed by atoms with Gasteiger partial charge in [0.15, 0.2) is 0 Å². The van der Waals surface area contributed by atoms with Crippen molar-refractivity contribution in [3.05, 3.63) is 35.4 Å². The maximum atomic E-state index is 13.8. The lowest BCUT2D eigenvalue weighted by atomic mass is 10.0. The van der Waals surface area contributed by atoms with Crippen LogP contribution in [0.1, 0.15) is 23.2 Å². The van der Waals surface area contributed by atoms with Crippen LogP contribution < -0.4 is 5.32 Å². The lowest BCUT2D eigenvalue weighted by molar-refractivity contribution is -0.135. The predicted octanol–water partition coefficient (Wildman–Crippen LogP) is 1.00. The second kappa shape index (κ2) is 6.62. The van der Waals surface area contributed by atoms with E-state index in [9.17, 15) is 18.4 Å². The van der Waals surface area contributed by atoms with Crippen molar-refractivity contribution in [3.63, 3.8) is 0 Å². The number of piperazine rings is 1. The smallest absolute Gasteiger partial charge is 0.256 e. The second-order valence-corrected chi connectivity index (χ2v) is 5.94. The number of likely N-dealkylation sites (tertiary alicyclic amines) is 1. The molecule has 2 fully saturated rings. The van der Waals surface area contributed by atoms with Crippen LogP contribution in [0.2, 0.25) is 0 Å². The molecule has 0 bridgehead atoms. The first-order valence-corrected chi connectivity index (χ1v) is 7.81. The highest BCUT2D eigenvalue weighted by Gasteiger charge is 2.32. The van der Waals surface area contributed by atoms with Crippen molar-refractivity contribution >= 4 is 11.8 Å². The molecule has 1 atom stereocenters. The van der Waals surface area contributed by atoms with E-state index in [2.05, 4.69) is 5.32 Å². The lowest BCUT2D eigenvalue weighted by Crippen LogP contribution is -2.57. The molecule has 1 aromatic rings. The fourth-order valence-electron chi connectivity index (χ4n) is 3.23. The van der Waals surface area contributed by atoms with Gasteiger partial charge in [0.05, 0.1) is 12.1 Å². The monoisotopic (exact) mass is 323 g/mol. The molecule has 2 saturated heterocycles. The second-order valence-electron chi connectivity index (χ2n) is 5.94. The first kappa shape index (κ1) is 15.9. The number of amides is 2. The molecule has 2 amide bonds. The van der Waals surface area contributed by atoms with Crippen molar-refractivity contribution in [1.82, 2.24) is 15.1 Å². The average molecular weight is 323 g/mol. The van der Waals surface area contributed by atoms with Crippen molar-refractivity contribution in [2.45, 2.75) is 18.9 Å². The summed E-state index contributed by atoms with van der Waals surface area (Å²) in [6, 6.07) is 2.93. The summed E-state index contributed by atoms with van der Waals surface area (Å²) in [4.78, 5) is 27.8. The summed E-state index contributed by atoms with van der Waals surface area (Å²) in [5.74, 6) is -1.98. The van der Waals surface area contributed by atoms with Gasteiger partial charge in [-0.1, -0.05) is 0 Å². The maximum Gasteiger partial charge on any atom is 0.256 e. The van der Waals surface area contributed by atoms with Crippen molar-refractivity contribution in [2.75, 3.05) is 32.7 Å². The molecule has 1 aromatic carbocycles. The van der Waals surface area contributed by atoms with E-state index in [0.717, 1.165) is 25.5 Å². The molecule has 2 aliphatic heterocycles. The van der Waals surface area contributed by atoms with Crippen LogP contribution in [-0.4, -0.2) is 60.4 Å². The standard InChI is InChI=1S/C16H19F2N3O2/c17-11-3-4-13(14(18)8-11)16(23)20-6-1-2-12(10-20)21-7-5-19-9-15(21)22/h3-4,8,12,19H,1-2,5-7,9-10H2. The third-order valence-electron chi connectivity index (χ3n) is 4.41. The van der Waals surface area contributed by atoms with Gasteiger partial charge in [-0.25, -0.2) is 8.78 Å². The molecule has 0 spiro atoms. The summed E-state index contributed by atoms with van der Waals surface area (Å²) in [5, 5.41) is 3.02. The van der Waals surface area contributed by atoms with E-state index >= 15 is 0 Å². The normalized spacial score (nSPS) is 22.3. The van der Waals surface area contributed by atoms with Crippen molar-refractivity contribution < 1.29 is 18.4 Å². The topological polar surface area (TPSA) is 52.7 Å². The number of piperidine rings is 1. The molecule has 2 aliphatic rings. The molecular formula is C16H19F2N3O2. The summed E-state index contributed by atoms with van der Waals surface area (Å²) in [6.07, 6.45) is 1.60. The van der Waals surface area contributed by atoms with E-state index in [4.69, 9.17) is 0 Å². The minimum atomic E-state index is -0.852. The van der Waals surface area contributed by atoms with Crippen LogP contribution in [0.3, 0.4) is 0 Å². The average Bonchev–Trinajstić information content (AvgIpc) is 2.55. The van der Waals surface area contributed by atoms with Crippen LogP contribution >= 0.6 is 0 Å². The Kier molecular flexibility index (Phi) is 4.56. The number of carbonyl (C=O) groups excluding carboxylic acids is 2. The van der Waals surface area contributed by atoms with Gasteiger partial charge in [-0.2, -0.15) is 0 Å². The van der Waals surface area contributed by atoms with Gasteiger partial charge >= 0.3 is 0 Å². The quantitative estimate of drug-likeness (QED) is 0.883. The number of hydrogen-bond acceptors (Lipinski definition) is 3. The van der Waals surface area contributed by atoms with Crippen LogP contribution in [0.4, 0.5) is 8.78 Å². The Morgan fingerprint density at radius 2 is 2.09 bits per heavy atom. The Morgan fingerprint density at radius 3 is 2.83 bits per heavy atom. The zero-order chi connectivity index (χ0) is 16.4. The molecule has 0 radical (unpaired) electrons. The van der Waals surface area contributed by atoms with Gasteiger partial charge in [0, 0.05) is 38.3 Å². The van der Waals surface area contributed by atoms with Gasteiger partial charge in [0.1, 0.15) is 11.6 Å². The number of benzene rings is 1. The van der Waals surface area contributed by atoms with Gasteiger partial charge in [0.25, 0.3) is 5.91 Å². The van der Waals surface area contributed by atoms with Crippen molar-refractivity contribution in [1.29, 1.82) is 0 Å². The number of nitrogens with zero attached hydrogens (tertiary/aromatic N) is 2. The molecule has 0 aliphatic carbocycles. The van der Waals surface area contributed by atoms with Gasteiger partial charge in [0.2, 0.25) is 5.91 Å². The molecule has 0 saturated carbocycles. The van der Waals surface area contributed by atoms with Crippen LogP contribution in [0.15, 0.2) is 18.2 Å². The molecule has 1 N–H and O–H groups in total. The molecule has 7 heteroatoms. The highest BCUT2D eigenvalue weighted by molar-refractivity contribution is 5.94. The van der Waals surface area contributed by atoms with E-state index < -0.39 is 17.5 Å². The highest BCUT2D eigenvalue weighted by atomic mass is 19.1. The molecular weight excluding hydrogens is 304 g/mol. The van der Waals surface area contributed by atoms with E-state index in [1.165, 1.54) is 6.07 Å². The molecule has 0 aromatic heterocycles. The molecule has 1 unspecified atom stereocenters. The van der Waals surface area contributed by atoms with E-state index in [1.807, 2.05) is 0 Å². The first-order chi connectivity index (χ1) is 11.1. The minimum absolute atomic E-state index is 0.0310. The summed E-state index contributed by atoms with van der Waals surface area (Å²) in [7, 11) is 0. The van der Waals surface area contributed by atoms with Gasteiger partial charge in [-0.05, 0) is 25.0 Å². The van der Waals surface area contributed by atoms with Crippen LogP contribution in [0.25, 0.3) is 0 Å². The zero-order valence-electron chi connectivity index (χ0n) is 12.7. The highest BCUT2D eigenvalue weighted by Crippen LogP contribution is 2.20.